The number of nitrogens with zero attached hydrogens (tertiary/aromatic N) is 3. The van der Waals surface area contributed by atoms with E-state index in [4.69, 9.17) is 20.4 Å². The summed E-state index contributed by atoms with van der Waals surface area (Å²) in [7, 11) is 0. The Morgan fingerprint density at radius 1 is 0.667 bits per heavy atom. The van der Waals surface area contributed by atoms with E-state index in [1.54, 1.807) is 48.7 Å². The first-order valence-corrected chi connectivity index (χ1v) is 19.6. The van der Waals surface area contributed by atoms with Crippen molar-refractivity contribution in [3.8, 4) is 28.3 Å². The summed E-state index contributed by atoms with van der Waals surface area (Å²) in [6.45, 7) is 1.02. The van der Waals surface area contributed by atoms with Gasteiger partial charge in [-0.1, -0.05) is 122 Å². The Labute approximate surface area is 375 Å². The van der Waals surface area contributed by atoms with Gasteiger partial charge in [-0.05, 0) is 105 Å². The molecular formula is C55H43IrN3O-2. The van der Waals surface area contributed by atoms with Crippen LogP contribution in [0.25, 0.3) is 93.6 Å². The van der Waals surface area contributed by atoms with Gasteiger partial charge in [0, 0.05) is 48.3 Å². The van der Waals surface area contributed by atoms with E-state index in [1.165, 1.54) is 5.39 Å². The van der Waals surface area contributed by atoms with Crippen LogP contribution in [0.3, 0.4) is 0 Å². The molecule has 0 amide bonds. The van der Waals surface area contributed by atoms with Gasteiger partial charge >= 0.3 is 0 Å². The van der Waals surface area contributed by atoms with Gasteiger partial charge in [0.2, 0.25) is 0 Å². The average Bonchev–Trinajstić information content (AvgIpc) is 3.90. The molecule has 0 N–H and O–H groups in total. The molecule has 0 unspecified atom stereocenters. The van der Waals surface area contributed by atoms with Gasteiger partial charge in [-0.2, -0.15) is 0 Å². The Morgan fingerprint density at radius 2 is 1.40 bits per heavy atom. The summed E-state index contributed by atoms with van der Waals surface area (Å²) >= 11 is 0. The SMILES string of the molecule is [2H]C([2H])([2H])c1ccc2c(c1)oc1c(-c3nc4cccc(C([2H])([2H])[2H])c4n3-c3ccc4c5ccccc5c5ccccc5c4c3)[c-]ccc12.[2H]C([2H])(c1ccnc(-c2[c-]cccc2)c1)C(C)(C)C.[Ir]. The van der Waals surface area contributed by atoms with Crippen LogP contribution in [0.2, 0.25) is 0 Å². The largest absolute Gasteiger partial charge is 0.501 e. The van der Waals surface area contributed by atoms with Crippen LogP contribution < -0.4 is 0 Å². The van der Waals surface area contributed by atoms with Crippen LogP contribution >= 0.6 is 0 Å². The average molecular weight is 962 g/mol. The second kappa shape index (κ2) is 15.7. The number of rotatable bonds is 4. The molecule has 1 radical (unpaired) electrons. The van der Waals surface area contributed by atoms with E-state index in [-0.39, 0.29) is 31.2 Å². The summed E-state index contributed by atoms with van der Waals surface area (Å²) in [6, 6.07) is 54.2. The minimum Gasteiger partial charge on any atom is -0.501 e. The molecule has 0 saturated heterocycles. The number of pyridine rings is 1. The predicted octanol–water partition coefficient (Wildman–Crippen LogP) is 14.6. The van der Waals surface area contributed by atoms with Gasteiger partial charge in [-0.25, -0.2) is 0 Å². The first-order valence-electron chi connectivity index (χ1n) is 23.6. The minimum atomic E-state index is -2.41. The molecule has 0 spiro atoms. The van der Waals surface area contributed by atoms with Crippen molar-refractivity contribution in [2.75, 3.05) is 0 Å². The second-order valence-electron chi connectivity index (χ2n) is 15.8. The Hall–Kier alpha value is -6.39. The van der Waals surface area contributed by atoms with Gasteiger partial charge in [0.15, 0.2) is 0 Å². The van der Waals surface area contributed by atoms with E-state index in [1.807, 2.05) is 98.1 Å². The third kappa shape index (κ3) is 7.08. The first-order chi connectivity index (χ1) is 31.9. The molecule has 60 heavy (non-hydrogen) atoms. The van der Waals surface area contributed by atoms with Crippen LogP contribution in [-0.4, -0.2) is 14.5 Å². The second-order valence-corrected chi connectivity index (χ2v) is 15.8. The Morgan fingerprint density at radius 3 is 2.12 bits per heavy atom. The van der Waals surface area contributed by atoms with Crippen molar-refractivity contribution in [3.63, 3.8) is 0 Å². The zero-order valence-electron chi connectivity index (χ0n) is 41.1. The molecule has 11 aromatic rings. The van der Waals surface area contributed by atoms with Gasteiger partial charge in [0.25, 0.3) is 0 Å². The number of hydrogen-bond acceptors (Lipinski definition) is 3. The van der Waals surface area contributed by atoms with Crippen molar-refractivity contribution in [2.24, 2.45) is 5.41 Å². The first kappa shape index (κ1) is 30.6. The molecule has 4 nitrogen and oxygen atoms in total. The molecule has 0 bridgehead atoms. The fourth-order valence-corrected chi connectivity index (χ4v) is 8.13. The maximum Gasteiger partial charge on any atom is 0.121 e. The predicted molar refractivity (Wildman–Crippen MR) is 246 cm³/mol. The summed E-state index contributed by atoms with van der Waals surface area (Å²) in [4.78, 5) is 9.34. The van der Waals surface area contributed by atoms with Crippen molar-refractivity contribution in [3.05, 3.63) is 187 Å². The fraction of sp³-hybridized carbons (Fsp3) is 0.127. The number of para-hydroxylation sites is 1. The van der Waals surface area contributed by atoms with E-state index in [0.717, 1.165) is 54.6 Å². The molecule has 3 heterocycles. The molecule has 0 saturated carbocycles. The Kier molecular flexibility index (Phi) is 7.99. The molecule has 0 aliphatic carbocycles. The zero-order valence-corrected chi connectivity index (χ0v) is 35.5. The molecular weight excluding hydrogens is 911 g/mol. The number of benzene rings is 8. The molecule has 0 aliphatic rings. The fourth-order valence-electron chi connectivity index (χ4n) is 8.13. The summed E-state index contributed by atoms with van der Waals surface area (Å²) in [6.07, 6.45) is 0.258. The molecule has 11 rings (SSSR count). The standard InChI is InChI=1S/C39H25N2O.C16H18N.Ir/c1-23-17-19-31-32-14-8-15-33(38(32)42-36(31)21-23)39-40-35-16-7-9-24(2)37(35)41(39)25-18-20-30-28-12-4-3-10-26(28)27-11-5-6-13-29(27)34(30)22-25;1-16(2,3)12-13-9-10-17-15(11-13)14-7-5-4-6-8-14;/h3-14,16-22H,1-2H3;4-7,9-11H,12H2,1-3H3;/q2*-1;/i1D3,2D3;12D2;. The van der Waals surface area contributed by atoms with Gasteiger partial charge in [0.1, 0.15) is 5.58 Å². The van der Waals surface area contributed by atoms with Gasteiger partial charge < -0.3 is 14.0 Å². The monoisotopic (exact) mass is 962 g/mol. The Balaban J connectivity index is 0.000000244. The number of aromatic nitrogens is 3. The molecule has 5 heteroatoms. The van der Waals surface area contributed by atoms with Crippen molar-refractivity contribution in [1.82, 2.24) is 14.5 Å². The number of hydrogen-bond donors (Lipinski definition) is 0. The summed E-state index contributed by atoms with van der Waals surface area (Å²) in [5.74, 6) is 0.465. The van der Waals surface area contributed by atoms with E-state index in [9.17, 15) is 0 Å². The molecule has 8 aromatic carbocycles. The van der Waals surface area contributed by atoms with Gasteiger partial charge in [-0.3, -0.25) is 4.98 Å². The van der Waals surface area contributed by atoms with Crippen LogP contribution in [0.15, 0.2) is 162 Å². The smallest absolute Gasteiger partial charge is 0.121 e. The molecule has 0 aliphatic heterocycles. The molecule has 0 atom stereocenters. The molecule has 295 valence electrons. The Bertz CT molecular complexity index is 3670. The van der Waals surface area contributed by atoms with Crippen molar-refractivity contribution >= 4 is 65.3 Å². The third-order valence-corrected chi connectivity index (χ3v) is 10.6. The van der Waals surface area contributed by atoms with Crippen LogP contribution in [0, 0.1) is 31.3 Å². The number of aryl methyl sites for hydroxylation is 2. The van der Waals surface area contributed by atoms with Crippen molar-refractivity contribution in [1.29, 1.82) is 0 Å². The van der Waals surface area contributed by atoms with E-state index in [0.29, 0.717) is 39.2 Å². The number of imidazole rings is 1. The molecule has 3 aromatic heterocycles. The molecule has 0 fully saturated rings. The minimum absolute atomic E-state index is 0. The van der Waals surface area contributed by atoms with Gasteiger partial charge in [-0.15, -0.1) is 54.1 Å². The van der Waals surface area contributed by atoms with Crippen molar-refractivity contribution in [2.45, 2.75) is 40.8 Å². The summed E-state index contributed by atoms with van der Waals surface area (Å²) < 4.78 is 73.9. The third-order valence-electron chi connectivity index (χ3n) is 10.6. The van der Waals surface area contributed by atoms with E-state index in [2.05, 4.69) is 53.5 Å². The van der Waals surface area contributed by atoms with Gasteiger partial charge in [0.05, 0.1) is 22.4 Å². The quantitative estimate of drug-likeness (QED) is 0.130. The van der Waals surface area contributed by atoms with E-state index >= 15 is 0 Å². The van der Waals surface area contributed by atoms with Crippen LogP contribution in [0.4, 0.5) is 0 Å². The number of furan rings is 1. The van der Waals surface area contributed by atoms with E-state index < -0.39 is 25.5 Å². The van der Waals surface area contributed by atoms with Crippen LogP contribution in [0.5, 0.6) is 0 Å². The van der Waals surface area contributed by atoms with Crippen LogP contribution in [-0.2, 0) is 26.5 Å². The topological polar surface area (TPSA) is 43.9 Å². The number of fused-ring (bicyclic) bond motifs is 10. The van der Waals surface area contributed by atoms with Crippen molar-refractivity contribution < 1.29 is 35.5 Å². The normalized spacial score (nSPS) is 14.3. The summed E-state index contributed by atoms with van der Waals surface area (Å²) in [5.41, 5.74) is 5.39. The van der Waals surface area contributed by atoms with Crippen LogP contribution in [0.1, 0.15) is 48.4 Å². The zero-order chi connectivity index (χ0) is 47.0. The maximum atomic E-state index is 8.45. The maximum absolute atomic E-state index is 8.45. The summed E-state index contributed by atoms with van der Waals surface area (Å²) in [5, 5.41) is 8.19.